The first-order valence-electron chi connectivity index (χ1n) is 7.30. The fraction of sp³-hybridized carbons (Fsp3) is 0.562. The number of carbonyl (C=O) groups is 1. The van der Waals surface area contributed by atoms with Gasteiger partial charge in [0.1, 0.15) is 6.61 Å². The van der Waals surface area contributed by atoms with Crippen molar-refractivity contribution in [3.63, 3.8) is 0 Å². The summed E-state index contributed by atoms with van der Waals surface area (Å²) in [5.41, 5.74) is 0.993. The van der Waals surface area contributed by atoms with Gasteiger partial charge in [0, 0.05) is 12.6 Å². The van der Waals surface area contributed by atoms with Crippen LogP contribution in [-0.2, 0) is 16.1 Å². The molecular weight excluding hydrogens is 254 g/mol. The van der Waals surface area contributed by atoms with Crippen LogP contribution in [0, 0.1) is 5.92 Å². The third kappa shape index (κ3) is 5.61. The summed E-state index contributed by atoms with van der Waals surface area (Å²) in [6.07, 6.45) is 0.499. The molecule has 0 radical (unpaired) electrons. The first-order valence-corrected chi connectivity index (χ1v) is 7.30. The van der Waals surface area contributed by atoms with Crippen molar-refractivity contribution in [2.45, 2.75) is 39.8 Å². The first-order chi connectivity index (χ1) is 9.75. The molecule has 1 fully saturated rings. The van der Waals surface area contributed by atoms with Gasteiger partial charge in [-0.15, -0.1) is 0 Å². The van der Waals surface area contributed by atoms with Crippen LogP contribution in [0.4, 0.5) is 4.79 Å². The Labute approximate surface area is 121 Å². The van der Waals surface area contributed by atoms with Crippen LogP contribution in [0.1, 0.15) is 32.8 Å². The summed E-state index contributed by atoms with van der Waals surface area (Å²) < 4.78 is 10.5. The van der Waals surface area contributed by atoms with E-state index in [2.05, 4.69) is 12.2 Å². The molecule has 2 atom stereocenters. The first kappa shape index (κ1) is 16.5. The molecule has 0 aromatic heterocycles. The molecule has 1 heterocycles. The zero-order valence-corrected chi connectivity index (χ0v) is 12.6. The number of hydrogen-bond donors (Lipinski definition) is 1. The largest absolute Gasteiger partial charge is 0.445 e. The van der Waals surface area contributed by atoms with E-state index >= 15 is 0 Å². The molecule has 0 spiro atoms. The molecule has 4 heteroatoms. The van der Waals surface area contributed by atoms with E-state index in [0.29, 0.717) is 25.7 Å². The predicted octanol–water partition coefficient (Wildman–Crippen LogP) is 3.36. The third-order valence-corrected chi connectivity index (χ3v) is 3.16. The fourth-order valence-corrected chi connectivity index (χ4v) is 2.01. The molecule has 0 aliphatic carbocycles. The lowest BCUT2D eigenvalue weighted by Gasteiger charge is -2.29. The summed E-state index contributed by atoms with van der Waals surface area (Å²) in [5.74, 6) is 0.336. The lowest BCUT2D eigenvalue weighted by atomic mass is 9.98. The predicted molar refractivity (Wildman–Crippen MR) is 79.5 cm³/mol. The van der Waals surface area contributed by atoms with Gasteiger partial charge in [-0.1, -0.05) is 51.1 Å². The molecule has 0 bridgehead atoms. The van der Waals surface area contributed by atoms with Crippen LogP contribution in [0.15, 0.2) is 30.3 Å². The second kappa shape index (κ2) is 9.37. The van der Waals surface area contributed by atoms with Gasteiger partial charge in [-0.25, -0.2) is 4.79 Å². The van der Waals surface area contributed by atoms with E-state index in [4.69, 9.17) is 9.47 Å². The summed E-state index contributed by atoms with van der Waals surface area (Å²) in [6, 6.07) is 9.82. The van der Waals surface area contributed by atoms with E-state index in [0.717, 1.165) is 12.0 Å². The molecule has 1 aromatic carbocycles. The van der Waals surface area contributed by atoms with Gasteiger partial charge in [0.05, 0.1) is 6.61 Å². The van der Waals surface area contributed by atoms with E-state index in [-0.39, 0.29) is 12.1 Å². The van der Waals surface area contributed by atoms with Crippen LogP contribution >= 0.6 is 0 Å². The summed E-state index contributed by atoms with van der Waals surface area (Å²) in [5, 5.41) is 2.90. The Morgan fingerprint density at radius 3 is 2.70 bits per heavy atom. The van der Waals surface area contributed by atoms with Crippen LogP contribution in [0.2, 0.25) is 0 Å². The zero-order valence-electron chi connectivity index (χ0n) is 12.6. The molecule has 1 N–H and O–H groups in total. The van der Waals surface area contributed by atoms with Crippen molar-refractivity contribution in [3.05, 3.63) is 35.9 Å². The molecule has 1 unspecified atom stereocenters. The Morgan fingerprint density at radius 2 is 2.05 bits per heavy atom. The Kier molecular flexibility index (Phi) is 7.73. The maximum Gasteiger partial charge on any atom is 0.407 e. The van der Waals surface area contributed by atoms with Gasteiger partial charge in [0.15, 0.2) is 0 Å². The molecule has 112 valence electrons. The summed E-state index contributed by atoms with van der Waals surface area (Å²) in [4.78, 5) is 11.7. The van der Waals surface area contributed by atoms with Crippen LogP contribution in [0.25, 0.3) is 0 Å². The van der Waals surface area contributed by atoms with Gasteiger partial charge in [-0.2, -0.15) is 0 Å². The smallest absolute Gasteiger partial charge is 0.407 e. The van der Waals surface area contributed by atoms with Crippen molar-refractivity contribution in [3.8, 4) is 0 Å². The molecule has 4 nitrogen and oxygen atoms in total. The van der Waals surface area contributed by atoms with Crippen molar-refractivity contribution in [1.82, 2.24) is 5.32 Å². The summed E-state index contributed by atoms with van der Waals surface area (Å²) in [6.45, 7) is 7.78. The van der Waals surface area contributed by atoms with E-state index in [9.17, 15) is 4.79 Å². The summed E-state index contributed by atoms with van der Waals surface area (Å²) >= 11 is 0. The van der Waals surface area contributed by atoms with E-state index in [1.54, 1.807) is 0 Å². The Balaban J connectivity index is 0.000000956. The molecule has 1 aliphatic rings. The van der Waals surface area contributed by atoms with Crippen LogP contribution in [0.3, 0.4) is 0 Å². The van der Waals surface area contributed by atoms with Crippen molar-refractivity contribution < 1.29 is 14.3 Å². The minimum absolute atomic E-state index is 0.155. The van der Waals surface area contributed by atoms with Gasteiger partial charge < -0.3 is 14.8 Å². The number of nitrogens with one attached hydrogen (secondary N) is 1. The number of alkyl carbamates (subject to hydrolysis) is 1. The maximum atomic E-state index is 11.7. The second-order valence-electron chi connectivity index (χ2n) is 4.65. The van der Waals surface area contributed by atoms with Crippen LogP contribution in [-0.4, -0.2) is 25.3 Å². The van der Waals surface area contributed by atoms with Crippen molar-refractivity contribution in [2.75, 3.05) is 13.2 Å². The number of benzene rings is 1. The molecule has 2 rings (SSSR count). The Hall–Kier alpha value is -1.55. The fourth-order valence-electron chi connectivity index (χ4n) is 2.01. The topological polar surface area (TPSA) is 47.6 Å². The maximum absolute atomic E-state index is 11.7. The average molecular weight is 279 g/mol. The number of hydrogen-bond acceptors (Lipinski definition) is 3. The highest BCUT2D eigenvalue weighted by atomic mass is 16.5. The highest BCUT2D eigenvalue weighted by Gasteiger charge is 2.23. The molecule has 1 aromatic rings. The summed E-state index contributed by atoms with van der Waals surface area (Å²) in [7, 11) is 0. The van der Waals surface area contributed by atoms with Crippen molar-refractivity contribution in [1.29, 1.82) is 0 Å². The van der Waals surface area contributed by atoms with E-state index in [1.807, 2.05) is 44.2 Å². The molecular formula is C16H25NO3. The van der Waals surface area contributed by atoms with Gasteiger partial charge in [0.25, 0.3) is 0 Å². The number of ether oxygens (including phenoxy) is 2. The number of rotatable bonds is 3. The highest BCUT2D eigenvalue weighted by molar-refractivity contribution is 5.67. The monoisotopic (exact) mass is 279 g/mol. The van der Waals surface area contributed by atoms with Gasteiger partial charge in [0.2, 0.25) is 0 Å². The Bertz CT molecular complexity index is 381. The van der Waals surface area contributed by atoms with Crippen molar-refractivity contribution >= 4 is 6.09 Å². The standard InChI is InChI=1S/C14H19NO3.C2H6/c1-11-9-17-8-7-13(11)15-14(16)18-10-12-5-3-2-4-6-12;1-2/h2-6,11,13H,7-10H2,1H3,(H,15,16);1-2H3/t11-,13?;/m1./s1. The van der Waals surface area contributed by atoms with Gasteiger partial charge >= 0.3 is 6.09 Å². The normalized spacial score (nSPS) is 21.4. The minimum atomic E-state index is -0.349. The van der Waals surface area contributed by atoms with Gasteiger partial charge in [-0.3, -0.25) is 0 Å². The highest BCUT2D eigenvalue weighted by Crippen LogP contribution is 2.14. The molecule has 20 heavy (non-hydrogen) atoms. The number of carbonyl (C=O) groups excluding carboxylic acids is 1. The average Bonchev–Trinajstić information content (AvgIpc) is 2.51. The molecule has 1 saturated heterocycles. The zero-order chi connectivity index (χ0) is 14.8. The van der Waals surface area contributed by atoms with E-state index in [1.165, 1.54) is 0 Å². The van der Waals surface area contributed by atoms with E-state index < -0.39 is 0 Å². The third-order valence-electron chi connectivity index (χ3n) is 3.16. The molecule has 1 aliphatic heterocycles. The van der Waals surface area contributed by atoms with Crippen LogP contribution in [0.5, 0.6) is 0 Å². The second-order valence-corrected chi connectivity index (χ2v) is 4.65. The molecule has 1 amide bonds. The number of amides is 1. The SMILES string of the molecule is CC.C[C@@H]1COCCC1NC(=O)OCc1ccccc1. The van der Waals surface area contributed by atoms with Crippen molar-refractivity contribution in [2.24, 2.45) is 5.92 Å². The Morgan fingerprint density at radius 1 is 1.35 bits per heavy atom. The quantitative estimate of drug-likeness (QED) is 0.923. The lowest BCUT2D eigenvalue weighted by molar-refractivity contribution is 0.0366. The molecule has 0 saturated carbocycles. The minimum Gasteiger partial charge on any atom is -0.445 e. The van der Waals surface area contributed by atoms with Crippen LogP contribution < -0.4 is 5.32 Å². The lowest BCUT2D eigenvalue weighted by Crippen LogP contribution is -2.44. The van der Waals surface area contributed by atoms with Gasteiger partial charge in [-0.05, 0) is 17.9 Å².